The Bertz CT molecular complexity index is 268. The number of hydroxylamine groups is 2. The second-order valence-corrected chi connectivity index (χ2v) is 5.65. The van der Waals surface area contributed by atoms with Crippen molar-refractivity contribution in [2.24, 2.45) is 0 Å². The summed E-state index contributed by atoms with van der Waals surface area (Å²) in [5.74, 6) is 0. The van der Waals surface area contributed by atoms with Gasteiger partial charge in [-0.1, -0.05) is 26.2 Å². The van der Waals surface area contributed by atoms with E-state index in [-0.39, 0.29) is 6.10 Å². The number of ether oxygens (including phenoxy) is 1. The molecule has 6 nitrogen and oxygen atoms in total. The average molecular weight is 288 g/mol. The van der Waals surface area contributed by atoms with Crippen LogP contribution in [0, 0.1) is 0 Å². The van der Waals surface area contributed by atoms with Crippen molar-refractivity contribution in [3.8, 4) is 0 Å². The van der Waals surface area contributed by atoms with E-state index in [1.54, 1.807) is 0 Å². The Morgan fingerprint density at radius 1 is 1.59 bits per heavy atom. The summed E-state index contributed by atoms with van der Waals surface area (Å²) in [6.45, 7) is 3.49. The molecule has 0 aromatic carbocycles. The van der Waals surface area contributed by atoms with Crippen molar-refractivity contribution in [3.63, 3.8) is 0 Å². The van der Waals surface area contributed by atoms with Crippen LogP contribution in [0.1, 0.15) is 32.6 Å². The number of morpholine rings is 1. The Morgan fingerprint density at radius 2 is 2.35 bits per heavy atom. The number of unbranched alkanes of at least 4 members (excludes halogenated alkanes) is 2. The Morgan fingerprint density at radius 3 is 3.00 bits per heavy atom. The number of hydrogen-bond acceptors (Lipinski definition) is 5. The maximum absolute atomic E-state index is 11.1. The van der Waals surface area contributed by atoms with Crippen LogP contribution in [0.3, 0.4) is 0 Å². The van der Waals surface area contributed by atoms with Gasteiger partial charge in [-0.15, -0.1) is 0 Å². The van der Waals surface area contributed by atoms with Crippen molar-refractivity contribution in [3.05, 3.63) is 0 Å². The summed E-state index contributed by atoms with van der Waals surface area (Å²) < 4.78 is 25.3. The zero-order chi connectivity index (χ0) is 12.7. The molecule has 8 heteroatoms. The smallest absolute Gasteiger partial charge is 0.375 e. The van der Waals surface area contributed by atoms with Crippen LogP contribution < -0.4 is 0 Å². The van der Waals surface area contributed by atoms with E-state index in [2.05, 4.69) is 11.0 Å². The van der Waals surface area contributed by atoms with Gasteiger partial charge in [-0.05, 0) is 6.42 Å². The highest BCUT2D eigenvalue weighted by atomic mass is 35.5. The third-order valence-electron chi connectivity index (χ3n) is 2.54. The van der Waals surface area contributed by atoms with Crippen molar-refractivity contribution in [1.82, 2.24) is 5.06 Å². The Balaban J connectivity index is 2.31. The predicted molar refractivity (Wildman–Crippen MR) is 63.3 cm³/mol. The van der Waals surface area contributed by atoms with Gasteiger partial charge in [0.1, 0.15) is 0 Å². The Kier molecular flexibility index (Phi) is 6.95. The molecule has 0 radical (unpaired) electrons. The first-order chi connectivity index (χ1) is 8.07. The first kappa shape index (κ1) is 15.4. The van der Waals surface area contributed by atoms with Crippen LogP contribution in [0.2, 0.25) is 0 Å². The van der Waals surface area contributed by atoms with Gasteiger partial charge in [0, 0.05) is 6.54 Å². The highest BCUT2D eigenvalue weighted by Crippen LogP contribution is 2.45. The molecular weight excluding hydrogens is 269 g/mol. The van der Waals surface area contributed by atoms with E-state index in [4.69, 9.17) is 26.1 Å². The molecule has 1 fully saturated rings. The summed E-state index contributed by atoms with van der Waals surface area (Å²) in [7, 11) is -4.16. The first-order valence-electron chi connectivity index (χ1n) is 5.77. The van der Waals surface area contributed by atoms with Gasteiger partial charge in [-0.25, -0.2) is 4.57 Å². The fourth-order valence-electron chi connectivity index (χ4n) is 1.72. The van der Waals surface area contributed by atoms with Crippen LogP contribution in [-0.4, -0.2) is 35.8 Å². The fraction of sp³-hybridized carbons (Fsp3) is 1.00. The lowest BCUT2D eigenvalue weighted by molar-refractivity contribution is -0.158. The summed E-state index contributed by atoms with van der Waals surface area (Å²) >= 11 is 4.86. The fourth-order valence-corrected chi connectivity index (χ4v) is 2.26. The minimum atomic E-state index is -4.16. The Hall–Kier alpha value is 0.320. The molecule has 0 aliphatic carbocycles. The summed E-state index contributed by atoms with van der Waals surface area (Å²) in [5.41, 5.74) is 0. The molecule has 1 N–H and O–H groups in total. The molecule has 102 valence electrons. The second kappa shape index (κ2) is 7.69. The lowest BCUT2D eigenvalue weighted by atomic mass is 10.1. The molecule has 1 heterocycles. The van der Waals surface area contributed by atoms with Gasteiger partial charge in [-0.3, -0.25) is 0 Å². The van der Waals surface area contributed by atoms with Crippen molar-refractivity contribution < 1.29 is 22.9 Å². The molecule has 0 aromatic heterocycles. The van der Waals surface area contributed by atoms with Gasteiger partial charge in [0.2, 0.25) is 0 Å². The van der Waals surface area contributed by atoms with Gasteiger partial charge in [0.15, 0.2) is 0 Å². The molecule has 1 aliphatic heterocycles. The topological polar surface area (TPSA) is 68.2 Å². The van der Waals surface area contributed by atoms with Crippen molar-refractivity contribution >= 4 is 19.7 Å². The quantitative estimate of drug-likeness (QED) is 0.573. The maximum atomic E-state index is 11.1. The zero-order valence-corrected chi connectivity index (χ0v) is 11.5. The van der Waals surface area contributed by atoms with Crippen LogP contribution in [0.5, 0.6) is 0 Å². The molecule has 0 amide bonds. The lowest BCUT2D eigenvalue weighted by Gasteiger charge is -2.31. The van der Waals surface area contributed by atoms with Gasteiger partial charge in [0.25, 0.3) is 0 Å². The molecule has 17 heavy (non-hydrogen) atoms. The molecule has 1 rings (SSSR count). The Labute approximate surface area is 107 Å². The number of nitrogens with zero attached hydrogens (tertiary/aromatic N) is 1. The van der Waals surface area contributed by atoms with Gasteiger partial charge in [0.05, 0.1) is 31.1 Å². The second-order valence-electron chi connectivity index (χ2n) is 4.00. The summed E-state index contributed by atoms with van der Waals surface area (Å²) in [6.07, 6.45) is 4.34. The van der Waals surface area contributed by atoms with E-state index in [1.807, 2.05) is 0 Å². The van der Waals surface area contributed by atoms with Crippen molar-refractivity contribution in [2.45, 2.75) is 38.7 Å². The molecule has 1 aliphatic rings. The zero-order valence-electron chi connectivity index (χ0n) is 9.88. The summed E-state index contributed by atoms with van der Waals surface area (Å²) in [4.78, 5) is 9.07. The number of hydrogen-bond donors (Lipinski definition) is 1. The molecular formula is C9H19ClNO5P. The highest BCUT2D eigenvalue weighted by molar-refractivity contribution is 7.48. The maximum Gasteiger partial charge on any atom is 0.505 e. The summed E-state index contributed by atoms with van der Waals surface area (Å²) in [6, 6.07) is 0. The summed E-state index contributed by atoms with van der Waals surface area (Å²) in [5, 5.41) is 1.38. The SMILES string of the molecule is CCCCCC1CN(OP(=O)(O)OCl)CCO1. The third kappa shape index (κ3) is 6.15. The van der Waals surface area contributed by atoms with E-state index in [0.717, 1.165) is 25.7 Å². The number of phosphoric acid groups is 1. The lowest BCUT2D eigenvalue weighted by Crippen LogP contribution is -2.41. The highest BCUT2D eigenvalue weighted by Gasteiger charge is 2.29. The average Bonchev–Trinajstić information content (AvgIpc) is 2.29. The van der Waals surface area contributed by atoms with E-state index in [9.17, 15) is 4.57 Å². The van der Waals surface area contributed by atoms with E-state index >= 15 is 0 Å². The van der Waals surface area contributed by atoms with Gasteiger partial charge >= 0.3 is 7.82 Å². The first-order valence-corrected chi connectivity index (χ1v) is 7.57. The molecule has 0 saturated carbocycles. The minimum absolute atomic E-state index is 0.0330. The molecule has 0 bridgehead atoms. The minimum Gasteiger partial charge on any atom is -0.375 e. The molecule has 0 spiro atoms. The van der Waals surface area contributed by atoms with Crippen LogP contribution in [0.15, 0.2) is 0 Å². The van der Waals surface area contributed by atoms with Crippen LogP contribution in [0.4, 0.5) is 0 Å². The largest absolute Gasteiger partial charge is 0.505 e. The standard InChI is InChI=1S/C9H19ClNO5P/c1-2-3-4-5-9-8-11(6-7-14-9)16-17(12,13)15-10/h9H,2-8H2,1H3,(H,12,13). The van der Waals surface area contributed by atoms with E-state index in [1.165, 1.54) is 5.06 Å². The number of halogens is 1. The molecule has 2 atom stereocenters. The molecule has 2 unspecified atom stereocenters. The third-order valence-corrected chi connectivity index (χ3v) is 3.67. The van der Waals surface area contributed by atoms with Crippen molar-refractivity contribution in [2.75, 3.05) is 19.7 Å². The molecule has 1 saturated heterocycles. The van der Waals surface area contributed by atoms with Crippen molar-refractivity contribution in [1.29, 1.82) is 0 Å². The predicted octanol–water partition coefficient (Wildman–Crippen LogP) is 2.47. The van der Waals surface area contributed by atoms with Gasteiger partial charge < -0.3 is 9.63 Å². The number of rotatable bonds is 7. The van der Waals surface area contributed by atoms with E-state index < -0.39 is 7.82 Å². The monoisotopic (exact) mass is 287 g/mol. The van der Waals surface area contributed by atoms with Crippen LogP contribution in [0.25, 0.3) is 0 Å². The van der Waals surface area contributed by atoms with Crippen LogP contribution >= 0.6 is 19.7 Å². The molecule has 0 aromatic rings. The van der Waals surface area contributed by atoms with Gasteiger partial charge in [-0.2, -0.15) is 13.8 Å². The van der Waals surface area contributed by atoms with E-state index in [0.29, 0.717) is 19.7 Å². The normalized spacial score (nSPS) is 25.7. The van der Waals surface area contributed by atoms with Crippen LogP contribution in [-0.2, 0) is 18.0 Å².